The number of anilines is 1. The molecule has 2 aromatic rings. The third kappa shape index (κ3) is 3.05. The Morgan fingerprint density at radius 2 is 2.20 bits per heavy atom. The van der Waals surface area contributed by atoms with Crippen LogP contribution in [0.25, 0.3) is 0 Å². The first-order chi connectivity index (χ1) is 9.83. The van der Waals surface area contributed by atoms with Crippen molar-refractivity contribution in [3.05, 3.63) is 29.0 Å². The van der Waals surface area contributed by atoms with Gasteiger partial charge in [0.2, 0.25) is 5.95 Å². The topological polar surface area (TPSA) is 69.0 Å². The number of pyridine rings is 1. The highest BCUT2D eigenvalue weighted by atomic mass is 35.5. The lowest BCUT2D eigenvalue weighted by atomic mass is 10.3. The van der Waals surface area contributed by atoms with Crippen LogP contribution >= 0.6 is 11.6 Å². The molecule has 0 bridgehead atoms. The van der Waals surface area contributed by atoms with Crippen molar-refractivity contribution in [2.75, 3.05) is 31.2 Å². The van der Waals surface area contributed by atoms with Gasteiger partial charge in [-0.25, -0.2) is 9.67 Å². The summed E-state index contributed by atoms with van der Waals surface area (Å²) in [5, 5.41) is 12.4. The molecule has 2 aromatic heterocycles. The Kier molecular flexibility index (Phi) is 4.08. The predicted molar refractivity (Wildman–Crippen MR) is 73.8 cm³/mol. The number of ether oxygens (including phenoxy) is 1. The molecular formula is C12H15ClN6O. The zero-order valence-corrected chi connectivity index (χ0v) is 11.7. The van der Waals surface area contributed by atoms with E-state index in [0.29, 0.717) is 18.3 Å². The monoisotopic (exact) mass is 294 g/mol. The van der Waals surface area contributed by atoms with Crippen LogP contribution in [0.2, 0.25) is 5.15 Å². The van der Waals surface area contributed by atoms with Crippen molar-refractivity contribution in [2.24, 2.45) is 0 Å². The number of hydrogen-bond donors (Lipinski definition) is 0. The quantitative estimate of drug-likeness (QED) is 0.787. The average Bonchev–Trinajstić information content (AvgIpc) is 2.74. The molecule has 3 heterocycles. The minimum absolute atomic E-state index is 0.482. The maximum Gasteiger partial charge on any atom is 0.245 e. The maximum absolute atomic E-state index is 5.78. The molecule has 1 aliphatic rings. The Morgan fingerprint density at radius 1 is 1.25 bits per heavy atom. The third-order valence-corrected chi connectivity index (χ3v) is 3.36. The van der Waals surface area contributed by atoms with E-state index in [1.165, 1.54) is 0 Å². The van der Waals surface area contributed by atoms with Gasteiger partial charge in [-0.3, -0.25) is 0 Å². The van der Waals surface area contributed by atoms with Crippen molar-refractivity contribution in [3.63, 3.8) is 0 Å². The van der Waals surface area contributed by atoms with Gasteiger partial charge in [0.1, 0.15) is 5.15 Å². The van der Waals surface area contributed by atoms with Crippen molar-refractivity contribution in [1.82, 2.24) is 25.2 Å². The van der Waals surface area contributed by atoms with Gasteiger partial charge in [-0.15, -0.1) is 0 Å². The molecule has 8 heteroatoms. The zero-order chi connectivity index (χ0) is 13.8. The van der Waals surface area contributed by atoms with E-state index < -0.39 is 0 Å². The average molecular weight is 295 g/mol. The van der Waals surface area contributed by atoms with Crippen molar-refractivity contribution in [1.29, 1.82) is 0 Å². The highest BCUT2D eigenvalue weighted by molar-refractivity contribution is 6.29. The van der Waals surface area contributed by atoms with Gasteiger partial charge >= 0.3 is 0 Å². The molecule has 0 atom stereocenters. The van der Waals surface area contributed by atoms with Crippen molar-refractivity contribution >= 4 is 17.5 Å². The number of halogens is 1. The smallest absolute Gasteiger partial charge is 0.245 e. The van der Waals surface area contributed by atoms with Gasteiger partial charge in [0, 0.05) is 25.9 Å². The van der Waals surface area contributed by atoms with E-state index in [0.717, 1.165) is 37.6 Å². The first-order valence-corrected chi connectivity index (χ1v) is 6.90. The van der Waals surface area contributed by atoms with E-state index in [1.807, 2.05) is 6.07 Å². The summed E-state index contributed by atoms with van der Waals surface area (Å²) in [7, 11) is 0. The lowest BCUT2D eigenvalue weighted by Gasteiger charge is -2.19. The molecule has 1 saturated heterocycles. The van der Waals surface area contributed by atoms with E-state index in [1.54, 1.807) is 16.9 Å². The number of nitrogens with zero attached hydrogens (tertiary/aromatic N) is 6. The Morgan fingerprint density at radius 3 is 3.05 bits per heavy atom. The van der Waals surface area contributed by atoms with E-state index >= 15 is 0 Å². The molecule has 106 valence electrons. The molecule has 3 rings (SSSR count). The molecular weight excluding hydrogens is 280 g/mol. The molecule has 20 heavy (non-hydrogen) atoms. The second-order valence-corrected chi connectivity index (χ2v) is 4.97. The largest absolute Gasteiger partial charge is 0.380 e. The molecule has 0 aliphatic carbocycles. The van der Waals surface area contributed by atoms with E-state index in [9.17, 15) is 0 Å². The molecule has 0 aromatic carbocycles. The van der Waals surface area contributed by atoms with E-state index in [-0.39, 0.29) is 0 Å². The SMILES string of the molecule is Clc1ccc(Cn2nnnc2N2CCCOCC2)cn1. The summed E-state index contributed by atoms with van der Waals surface area (Å²) in [6, 6.07) is 3.69. The van der Waals surface area contributed by atoms with Crippen LogP contribution in [0.5, 0.6) is 0 Å². The molecule has 1 fully saturated rings. The van der Waals surface area contributed by atoms with Crippen LogP contribution in [0.4, 0.5) is 5.95 Å². The Bertz CT molecular complexity index is 549. The van der Waals surface area contributed by atoms with Gasteiger partial charge in [0.25, 0.3) is 0 Å². The molecule has 7 nitrogen and oxygen atoms in total. The number of rotatable bonds is 3. The molecule has 1 aliphatic heterocycles. The van der Waals surface area contributed by atoms with Crippen LogP contribution in [-0.2, 0) is 11.3 Å². The lowest BCUT2D eigenvalue weighted by molar-refractivity contribution is 0.152. The summed E-state index contributed by atoms with van der Waals surface area (Å²) >= 11 is 5.78. The van der Waals surface area contributed by atoms with Crippen LogP contribution < -0.4 is 4.90 Å². The van der Waals surface area contributed by atoms with Crippen LogP contribution in [0.1, 0.15) is 12.0 Å². The number of aromatic nitrogens is 5. The minimum atomic E-state index is 0.482. The van der Waals surface area contributed by atoms with Crippen LogP contribution in [0, 0.1) is 0 Å². The lowest BCUT2D eigenvalue weighted by Crippen LogP contribution is -2.29. The molecule has 0 saturated carbocycles. The van der Waals surface area contributed by atoms with E-state index in [4.69, 9.17) is 16.3 Å². The van der Waals surface area contributed by atoms with Gasteiger partial charge in [-0.1, -0.05) is 22.8 Å². The van der Waals surface area contributed by atoms with Crippen LogP contribution in [-0.4, -0.2) is 51.5 Å². The maximum atomic E-state index is 5.78. The molecule has 0 N–H and O–H groups in total. The van der Waals surface area contributed by atoms with Crippen molar-refractivity contribution in [2.45, 2.75) is 13.0 Å². The van der Waals surface area contributed by atoms with Gasteiger partial charge in [-0.2, -0.15) is 0 Å². The summed E-state index contributed by atoms with van der Waals surface area (Å²) in [6.45, 7) is 3.77. The highest BCUT2D eigenvalue weighted by Gasteiger charge is 2.17. The summed E-state index contributed by atoms with van der Waals surface area (Å²) in [5.74, 6) is 0.769. The summed E-state index contributed by atoms with van der Waals surface area (Å²) in [4.78, 5) is 6.22. The number of tetrazole rings is 1. The first-order valence-electron chi connectivity index (χ1n) is 6.52. The second kappa shape index (κ2) is 6.15. The van der Waals surface area contributed by atoms with Crippen molar-refractivity contribution in [3.8, 4) is 0 Å². The minimum Gasteiger partial charge on any atom is -0.380 e. The predicted octanol–water partition coefficient (Wildman–Crippen LogP) is 0.996. The second-order valence-electron chi connectivity index (χ2n) is 4.58. The Hall–Kier alpha value is -1.73. The molecule has 0 amide bonds. The highest BCUT2D eigenvalue weighted by Crippen LogP contribution is 2.14. The Labute approximate surface area is 121 Å². The fourth-order valence-electron chi connectivity index (χ4n) is 2.15. The Balaban J connectivity index is 1.77. The summed E-state index contributed by atoms with van der Waals surface area (Å²) in [6.07, 6.45) is 2.72. The van der Waals surface area contributed by atoms with Crippen LogP contribution in [0.3, 0.4) is 0 Å². The van der Waals surface area contributed by atoms with Crippen molar-refractivity contribution < 1.29 is 4.74 Å². The third-order valence-electron chi connectivity index (χ3n) is 3.14. The molecule has 0 spiro atoms. The zero-order valence-electron chi connectivity index (χ0n) is 10.9. The summed E-state index contributed by atoms with van der Waals surface area (Å²) in [5.41, 5.74) is 1.01. The normalized spacial score (nSPS) is 16.1. The number of hydrogen-bond acceptors (Lipinski definition) is 6. The fourth-order valence-corrected chi connectivity index (χ4v) is 2.26. The summed E-state index contributed by atoms with van der Waals surface area (Å²) < 4.78 is 7.22. The molecule has 0 unspecified atom stereocenters. The fraction of sp³-hybridized carbons (Fsp3) is 0.500. The van der Waals surface area contributed by atoms with Gasteiger partial charge in [0.15, 0.2) is 0 Å². The van der Waals surface area contributed by atoms with Crippen LogP contribution in [0.15, 0.2) is 18.3 Å². The molecule has 0 radical (unpaired) electrons. The van der Waals surface area contributed by atoms with E-state index in [2.05, 4.69) is 25.4 Å². The van der Waals surface area contributed by atoms with Gasteiger partial charge in [0.05, 0.1) is 13.2 Å². The standard InChI is InChI=1S/C12H15ClN6O/c13-11-3-2-10(8-14-11)9-19-12(15-16-17-19)18-4-1-6-20-7-5-18/h2-3,8H,1,4-7,9H2. The first kappa shape index (κ1) is 13.3. The van der Waals surface area contributed by atoms with Gasteiger partial charge < -0.3 is 9.64 Å². The van der Waals surface area contributed by atoms with Gasteiger partial charge in [-0.05, 0) is 28.5 Å².